The van der Waals surface area contributed by atoms with Gasteiger partial charge in [-0.05, 0) is 32.0 Å². The molecular formula is C13H14N2O2S. The van der Waals surface area contributed by atoms with Crippen molar-refractivity contribution in [1.82, 2.24) is 9.97 Å². The lowest BCUT2D eigenvalue weighted by Gasteiger charge is -2.04. The molecule has 2 aromatic rings. The van der Waals surface area contributed by atoms with Crippen molar-refractivity contribution in [2.75, 3.05) is 6.26 Å². The van der Waals surface area contributed by atoms with Gasteiger partial charge in [0.1, 0.15) is 5.82 Å². The van der Waals surface area contributed by atoms with E-state index in [4.69, 9.17) is 0 Å². The summed E-state index contributed by atoms with van der Waals surface area (Å²) in [6.45, 7) is 3.74. The van der Waals surface area contributed by atoms with Gasteiger partial charge in [0.2, 0.25) is 0 Å². The van der Waals surface area contributed by atoms with Crippen LogP contribution < -0.4 is 0 Å². The third kappa shape index (κ3) is 2.73. The molecule has 0 aliphatic heterocycles. The van der Waals surface area contributed by atoms with E-state index in [0.29, 0.717) is 10.7 Å². The first-order valence-electron chi connectivity index (χ1n) is 5.49. The van der Waals surface area contributed by atoms with Crippen molar-refractivity contribution in [1.29, 1.82) is 0 Å². The van der Waals surface area contributed by atoms with E-state index in [1.165, 1.54) is 6.26 Å². The molecule has 2 rings (SSSR count). The molecule has 5 heteroatoms. The average molecular weight is 262 g/mol. The van der Waals surface area contributed by atoms with Gasteiger partial charge in [0.15, 0.2) is 9.84 Å². The van der Waals surface area contributed by atoms with E-state index in [-0.39, 0.29) is 0 Å². The predicted octanol–water partition coefficient (Wildman–Crippen LogP) is 2.16. The molecule has 0 saturated heterocycles. The van der Waals surface area contributed by atoms with Gasteiger partial charge in [-0.15, -0.1) is 0 Å². The van der Waals surface area contributed by atoms with Crippen LogP contribution in [-0.4, -0.2) is 24.6 Å². The predicted molar refractivity (Wildman–Crippen MR) is 70.1 cm³/mol. The highest BCUT2D eigenvalue weighted by atomic mass is 32.2. The number of hydrogen-bond acceptors (Lipinski definition) is 4. The number of aryl methyl sites for hydroxylation is 2. The van der Waals surface area contributed by atoms with Crippen molar-refractivity contribution < 1.29 is 8.42 Å². The summed E-state index contributed by atoms with van der Waals surface area (Å²) in [6.07, 6.45) is 1.20. The van der Waals surface area contributed by atoms with Crippen molar-refractivity contribution >= 4 is 9.84 Å². The molecule has 1 aromatic heterocycles. The Labute approximate surface area is 107 Å². The van der Waals surface area contributed by atoms with Crippen LogP contribution in [0.1, 0.15) is 11.5 Å². The van der Waals surface area contributed by atoms with Crippen molar-refractivity contribution in [3.8, 4) is 11.3 Å². The summed E-state index contributed by atoms with van der Waals surface area (Å²) in [5.41, 5.74) is 2.58. The first kappa shape index (κ1) is 12.7. The fourth-order valence-corrected chi connectivity index (χ4v) is 2.37. The summed E-state index contributed by atoms with van der Waals surface area (Å²) < 4.78 is 22.7. The molecule has 0 N–H and O–H groups in total. The van der Waals surface area contributed by atoms with Crippen LogP contribution in [0.2, 0.25) is 0 Å². The van der Waals surface area contributed by atoms with Crippen LogP contribution in [0.25, 0.3) is 11.3 Å². The van der Waals surface area contributed by atoms with Gasteiger partial charge in [-0.1, -0.05) is 12.1 Å². The summed E-state index contributed by atoms with van der Waals surface area (Å²) >= 11 is 0. The van der Waals surface area contributed by atoms with Gasteiger partial charge >= 0.3 is 0 Å². The van der Waals surface area contributed by atoms with Crippen LogP contribution in [0, 0.1) is 13.8 Å². The van der Waals surface area contributed by atoms with E-state index in [1.54, 1.807) is 24.3 Å². The minimum absolute atomic E-state index is 0.314. The van der Waals surface area contributed by atoms with E-state index in [9.17, 15) is 8.42 Å². The molecule has 0 spiro atoms. The van der Waals surface area contributed by atoms with Crippen molar-refractivity contribution in [3.63, 3.8) is 0 Å². The van der Waals surface area contributed by atoms with Gasteiger partial charge in [0.25, 0.3) is 0 Å². The third-order valence-corrected chi connectivity index (χ3v) is 3.67. The second-order valence-corrected chi connectivity index (χ2v) is 6.25. The molecule has 0 saturated carbocycles. The fraction of sp³-hybridized carbons (Fsp3) is 0.231. The van der Waals surface area contributed by atoms with Gasteiger partial charge in [-0.3, -0.25) is 0 Å². The summed E-state index contributed by atoms with van der Waals surface area (Å²) in [5.74, 6) is 0.706. The average Bonchev–Trinajstić information content (AvgIpc) is 2.27. The lowest BCUT2D eigenvalue weighted by atomic mass is 10.1. The minimum Gasteiger partial charge on any atom is -0.239 e. The molecule has 1 aromatic carbocycles. The summed E-state index contributed by atoms with van der Waals surface area (Å²) in [5, 5.41) is 0. The van der Waals surface area contributed by atoms with Crippen LogP contribution >= 0.6 is 0 Å². The van der Waals surface area contributed by atoms with E-state index >= 15 is 0 Å². The van der Waals surface area contributed by atoms with Crippen LogP contribution in [0.3, 0.4) is 0 Å². The normalized spacial score (nSPS) is 11.5. The standard InChI is InChI=1S/C13H14N2O2S/c1-9-8-13(15-10(2)14-9)11-4-6-12(7-5-11)18(3,16)17/h4-8H,1-3H3. The number of sulfone groups is 1. The topological polar surface area (TPSA) is 59.9 Å². The maximum absolute atomic E-state index is 11.4. The zero-order valence-electron chi connectivity index (χ0n) is 10.5. The second-order valence-electron chi connectivity index (χ2n) is 4.24. The zero-order chi connectivity index (χ0) is 13.3. The fourth-order valence-electron chi connectivity index (χ4n) is 1.74. The Morgan fingerprint density at radius 2 is 1.61 bits per heavy atom. The summed E-state index contributed by atoms with van der Waals surface area (Å²) in [7, 11) is -3.15. The van der Waals surface area contributed by atoms with E-state index < -0.39 is 9.84 Å². The minimum atomic E-state index is -3.15. The Morgan fingerprint density at radius 3 is 2.11 bits per heavy atom. The van der Waals surface area contributed by atoms with Crippen molar-refractivity contribution in [2.24, 2.45) is 0 Å². The number of benzene rings is 1. The monoisotopic (exact) mass is 262 g/mol. The zero-order valence-corrected chi connectivity index (χ0v) is 11.3. The Kier molecular flexibility index (Phi) is 3.17. The molecule has 4 nitrogen and oxygen atoms in total. The maximum Gasteiger partial charge on any atom is 0.175 e. The van der Waals surface area contributed by atoms with Gasteiger partial charge in [-0.25, -0.2) is 18.4 Å². The molecular weight excluding hydrogens is 248 g/mol. The van der Waals surface area contributed by atoms with E-state index in [2.05, 4.69) is 9.97 Å². The third-order valence-electron chi connectivity index (χ3n) is 2.54. The maximum atomic E-state index is 11.4. The molecule has 0 fully saturated rings. The number of rotatable bonds is 2. The van der Waals surface area contributed by atoms with E-state index in [0.717, 1.165) is 17.0 Å². The van der Waals surface area contributed by atoms with Crippen LogP contribution in [0.4, 0.5) is 0 Å². The Balaban J connectivity index is 2.46. The second kappa shape index (κ2) is 4.49. The van der Waals surface area contributed by atoms with E-state index in [1.807, 2.05) is 19.9 Å². The molecule has 0 amide bonds. The SMILES string of the molecule is Cc1cc(-c2ccc(S(C)(=O)=O)cc2)nc(C)n1. The highest BCUT2D eigenvalue weighted by molar-refractivity contribution is 7.90. The first-order chi connectivity index (χ1) is 8.36. The molecule has 18 heavy (non-hydrogen) atoms. The number of hydrogen-bond donors (Lipinski definition) is 0. The molecule has 0 aliphatic rings. The Bertz CT molecular complexity index is 656. The number of nitrogens with zero attached hydrogens (tertiary/aromatic N) is 2. The number of aromatic nitrogens is 2. The molecule has 0 bridgehead atoms. The Hall–Kier alpha value is -1.75. The molecule has 1 heterocycles. The van der Waals surface area contributed by atoms with Crippen molar-refractivity contribution in [3.05, 3.63) is 41.9 Å². The van der Waals surface area contributed by atoms with Gasteiger partial charge in [0.05, 0.1) is 10.6 Å². The smallest absolute Gasteiger partial charge is 0.175 e. The van der Waals surface area contributed by atoms with Crippen LogP contribution in [0.5, 0.6) is 0 Å². The van der Waals surface area contributed by atoms with Crippen molar-refractivity contribution in [2.45, 2.75) is 18.7 Å². The summed E-state index contributed by atoms with van der Waals surface area (Å²) in [6, 6.07) is 8.59. The first-order valence-corrected chi connectivity index (χ1v) is 7.38. The largest absolute Gasteiger partial charge is 0.239 e. The Morgan fingerprint density at radius 1 is 1.00 bits per heavy atom. The van der Waals surface area contributed by atoms with Gasteiger partial charge < -0.3 is 0 Å². The molecule has 0 atom stereocenters. The van der Waals surface area contributed by atoms with Crippen LogP contribution in [0.15, 0.2) is 35.2 Å². The van der Waals surface area contributed by atoms with Gasteiger partial charge in [-0.2, -0.15) is 0 Å². The van der Waals surface area contributed by atoms with Crippen LogP contribution in [-0.2, 0) is 9.84 Å². The summed E-state index contributed by atoms with van der Waals surface area (Å²) in [4.78, 5) is 8.86. The molecule has 0 unspecified atom stereocenters. The van der Waals surface area contributed by atoms with Gasteiger partial charge in [0, 0.05) is 17.5 Å². The quantitative estimate of drug-likeness (QED) is 0.832. The highest BCUT2D eigenvalue weighted by Gasteiger charge is 2.08. The lowest BCUT2D eigenvalue weighted by Crippen LogP contribution is -1.97. The molecule has 94 valence electrons. The molecule has 0 radical (unpaired) electrons. The molecule has 0 aliphatic carbocycles. The highest BCUT2D eigenvalue weighted by Crippen LogP contribution is 2.20. The lowest BCUT2D eigenvalue weighted by molar-refractivity contribution is 0.602.